The first-order valence-corrected chi connectivity index (χ1v) is 8.98. The highest BCUT2D eigenvalue weighted by Crippen LogP contribution is 2.27. The average Bonchev–Trinajstić information content (AvgIpc) is 2.73. The van der Waals surface area contributed by atoms with E-state index >= 15 is 0 Å². The number of nitrogens with two attached hydrogens (primary N) is 1. The zero-order valence-electron chi connectivity index (χ0n) is 15.6. The summed E-state index contributed by atoms with van der Waals surface area (Å²) in [7, 11) is 1.35. The van der Waals surface area contributed by atoms with Crippen molar-refractivity contribution in [1.82, 2.24) is 15.0 Å². The molecular weight excluding hydrogens is 360 g/mol. The van der Waals surface area contributed by atoms with Gasteiger partial charge in [-0.1, -0.05) is 0 Å². The average molecular weight is 382 g/mol. The van der Waals surface area contributed by atoms with E-state index < -0.39 is 6.09 Å². The van der Waals surface area contributed by atoms with Crippen LogP contribution in [-0.2, 0) is 11.2 Å². The predicted molar refractivity (Wildman–Crippen MR) is 104 cm³/mol. The van der Waals surface area contributed by atoms with E-state index in [0.717, 1.165) is 25.0 Å². The molecule has 0 atom stereocenters. The number of nitrogens with zero attached hydrogens (tertiary/aromatic N) is 5. The van der Waals surface area contributed by atoms with Crippen LogP contribution in [0.4, 0.5) is 27.8 Å². The van der Waals surface area contributed by atoms with Gasteiger partial charge in [-0.3, -0.25) is 4.90 Å². The summed E-state index contributed by atoms with van der Waals surface area (Å²) in [5.41, 5.74) is 8.52. The molecule has 0 unspecified atom stereocenters. The molecule has 0 fully saturated rings. The minimum atomic E-state index is -0.422. The highest BCUT2D eigenvalue weighted by atomic mass is 16.5. The lowest BCUT2D eigenvalue weighted by Gasteiger charge is -2.27. The van der Waals surface area contributed by atoms with Gasteiger partial charge in [0.15, 0.2) is 5.69 Å². The molecule has 1 aliphatic rings. The molecule has 0 saturated carbocycles. The van der Waals surface area contributed by atoms with Gasteiger partial charge in [0.2, 0.25) is 5.95 Å². The maximum absolute atomic E-state index is 11.9. The summed E-state index contributed by atoms with van der Waals surface area (Å²) in [6.07, 6.45) is 5.07. The molecule has 0 spiro atoms. The number of pyridine rings is 1. The molecule has 4 N–H and O–H groups in total. The molecule has 10 nitrogen and oxygen atoms in total. The molecular formula is C18H22N8O2. The summed E-state index contributed by atoms with van der Waals surface area (Å²) in [5, 5.41) is 15.5. The third kappa shape index (κ3) is 4.27. The number of anilines is 4. The van der Waals surface area contributed by atoms with Crippen molar-refractivity contribution in [1.29, 1.82) is 5.26 Å². The van der Waals surface area contributed by atoms with Gasteiger partial charge in [-0.05, 0) is 31.9 Å². The van der Waals surface area contributed by atoms with Crippen LogP contribution in [-0.4, -0.2) is 47.8 Å². The van der Waals surface area contributed by atoms with Gasteiger partial charge < -0.3 is 21.1 Å². The van der Waals surface area contributed by atoms with Crippen LogP contribution in [0.1, 0.15) is 24.2 Å². The molecule has 2 aromatic heterocycles. The van der Waals surface area contributed by atoms with E-state index in [4.69, 9.17) is 10.5 Å². The Kier molecular flexibility index (Phi) is 6.18. The van der Waals surface area contributed by atoms with Crippen molar-refractivity contribution in [3.05, 3.63) is 29.8 Å². The molecule has 0 radical (unpaired) electrons. The molecule has 10 heteroatoms. The van der Waals surface area contributed by atoms with Gasteiger partial charge in [-0.2, -0.15) is 5.26 Å². The highest BCUT2D eigenvalue weighted by molar-refractivity contribution is 5.88. The Morgan fingerprint density at radius 1 is 1.43 bits per heavy atom. The third-order valence-electron chi connectivity index (χ3n) is 4.27. The first kappa shape index (κ1) is 19.3. The first-order chi connectivity index (χ1) is 13.7. The topological polar surface area (TPSA) is 142 Å². The van der Waals surface area contributed by atoms with E-state index in [-0.39, 0.29) is 0 Å². The maximum atomic E-state index is 11.9. The van der Waals surface area contributed by atoms with Crippen molar-refractivity contribution < 1.29 is 9.53 Å². The second-order valence-corrected chi connectivity index (χ2v) is 6.18. The van der Waals surface area contributed by atoms with Gasteiger partial charge in [0, 0.05) is 13.1 Å². The molecule has 2 aromatic rings. The number of aryl methyl sites for hydroxylation is 1. The van der Waals surface area contributed by atoms with Crippen LogP contribution >= 0.6 is 0 Å². The number of hydrogen-bond acceptors (Lipinski definition) is 9. The fraction of sp³-hybridized carbons (Fsp3) is 0.389. The van der Waals surface area contributed by atoms with Crippen molar-refractivity contribution >= 4 is 29.1 Å². The van der Waals surface area contributed by atoms with Gasteiger partial charge in [0.05, 0.1) is 42.3 Å². The minimum absolute atomic E-state index is 0.308. The second kappa shape index (κ2) is 8.96. The zero-order valence-corrected chi connectivity index (χ0v) is 15.6. The van der Waals surface area contributed by atoms with Gasteiger partial charge in [0.1, 0.15) is 6.07 Å². The molecule has 3 heterocycles. The lowest BCUT2D eigenvalue weighted by atomic mass is 10.1. The molecule has 3 rings (SSSR count). The van der Waals surface area contributed by atoms with E-state index in [2.05, 4.69) is 31.7 Å². The summed E-state index contributed by atoms with van der Waals surface area (Å²) in [4.78, 5) is 26.4. The van der Waals surface area contributed by atoms with Crippen LogP contribution in [0.25, 0.3) is 0 Å². The Hall–Kier alpha value is -3.45. The van der Waals surface area contributed by atoms with Gasteiger partial charge in [-0.25, -0.2) is 19.7 Å². The summed E-state index contributed by atoms with van der Waals surface area (Å²) in [5.74, 6) is 0.393. The van der Waals surface area contributed by atoms with Crippen LogP contribution in [0.15, 0.2) is 18.5 Å². The predicted octanol–water partition coefficient (Wildman–Crippen LogP) is 1.77. The van der Waals surface area contributed by atoms with Crippen LogP contribution in [0, 0.1) is 11.3 Å². The van der Waals surface area contributed by atoms with Crippen LogP contribution < -0.4 is 21.3 Å². The second-order valence-electron chi connectivity index (χ2n) is 6.18. The Morgan fingerprint density at radius 3 is 3.04 bits per heavy atom. The van der Waals surface area contributed by atoms with Crippen molar-refractivity contribution in [3.8, 4) is 6.07 Å². The number of aromatic nitrogens is 3. The van der Waals surface area contributed by atoms with E-state index in [1.165, 1.54) is 12.0 Å². The fourth-order valence-corrected chi connectivity index (χ4v) is 2.92. The van der Waals surface area contributed by atoms with Crippen molar-refractivity contribution in [2.24, 2.45) is 5.73 Å². The van der Waals surface area contributed by atoms with Crippen molar-refractivity contribution in [2.45, 2.75) is 19.3 Å². The standard InChI is InChI=1S/C18H22N8O2/c1-28-18(27)26-7-2-4-13-16(26)11-23-17(25-13)24-12-8-14(21-6-3-5-19)15(9-20)22-10-12/h8,10-11,21H,2-7,19H2,1H3,(H,23,24,25). The van der Waals surface area contributed by atoms with Gasteiger partial charge >= 0.3 is 6.09 Å². The Bertz CT molecular complexity index is 896. The number of hydrogen-bond donors (Lipinski definition) is 3. The Balaban J connectivity index is 1.80. The fourth-order valence-electron chi connectivity index (χ4n) is 2.92. The number of nitriles is 1. The van der Waals surface area contributed by atoms with E-state index in [0.29, 0.717) is 48.3 Å². The molecule has 0 saturated heterocycles. The van der Waals surface area contributed by atoms with Gasteiger partial charge in [-0.15, -0.1) is 0 Å². The minimum Gasteiger partial charge on any atom is -0.452 e. The number of methoxy groups -OCH3 is 1. The molecule has 28 heavy (non-hydrogen) atoms. The number of carbonyl (C=O) groups is 1. The van der Waals surface area contributed by atoms with E-state index in [1.807, 2.05) is 0 Å². The quantitative estimate of drug-likeness (QED) is 0.637. The lowest BCUT2D eigenvalue weighted by molar-refractivity contribution is 0.178. The zero-order chi connectivity index (χ0) is 19.9. The normalized spacial score (nSPS) is 12.7. The Labute approximate surface area is 162 Å². The number of ether oxygens (including phenoxy) is 1. The molecule has 1 aliphatic heterocycles. The van der Waals surface area contributed by atoms with Crippen molar-refractivity contribution in [2.75, 3.05) is 42.3 Å². The largest absolute Gasteiger partial charge is 0.452 e. The number of nitrogens with one attached hydrogen (secondary N) is 2. The van der Waals surface area contributed by atoms with Crippen LogP contribution in [0.2, 0.25) is 0 Å². The summed E-state index contributed by atoms with van der Waals surface area (Å²) < 4.78 is 4.81. The van der Waals surface area contributed by atoms with Crippen molar-refractivity contribution in [3.63, 3.8) is 0 Å². The Morgan fingerprint density at radius 2 is 2.29 bits per heavy atom. The third-order valence-corrected chi connectivity index (χ3v) is 4.27. The van der Waals surface area contributed by atoms with E-state index in [1.54, 1.807) is 18.5 Å². The first-order valence-electron chi connectivity index (χ1n) is 8.98. The molecule has 0 aromatic carbocycles. The number of carbonyl (C=O) groups excluding carboxylic acids is 1. The summed E-state index contributed by atoms with van der Waals surface area (Å²) >= 11 is 0. The number of rotatable bonds is 6. The monoisotopic (exact) mass is 382 g/mol. The smallest absolute Gasteiger partial charge is 0.414 e. The molecule has 146 valence electrons. The highest BCUT2D eigenvalue weighted by Gasteiger charge is 2.25. The van der Waals surface area contributed by atoms with Gasteiger partial charge in [0.25, 0.3) is 0 Å². The summed E-state index contributed by atoms with van der Waals surface area (Å²) in [6.45, 7) is 1.79. The van der Waals surface area contributed by atoms with Crippen LogP contribution in [0.3, 0.4) is 0 Å². The molecule has 1 amide bonds. The van der Waals surface area contributed by atoms with E-state index in [9.17, 15) is 10.1 Å². The van der Waals surface area contributed by atoms with Crippen LogP contribution in [0.5, 0.6) is 0 Å². The number of amides is 1. The summed E-state index contributed by atoms with van der Waals surface area (Å²) in [6, 6.07) is 3.85. The maximum Gasteiger partial charge on any atom is 0.414 e. The number of fused-ring (bicyclic) bond motifs is 1. The lowest BCUT2D eigenvalue weighted by Crippen LogP contribution is -2.35. The molecule has 0 bridgehead atoms. The SMILES string of the molecule is COC(=O)N1CCCc2nc(Nc3cnc(C#N)c(NCCCN)c3)ncc21. The molecule has 0 aliphatic carbocycles.